The van der Waals surface area contributed by atoms with Crippen LogP contribution < -0.4 is 15.9 Å². The van der Waals surface area contributed by atoms with Crippen molar-refractivity contribution in [3.05, 3.63) is 65.5 Å². The fraction of sp³-hybridized carbons (Fsp3) is 0.406. The lowest BCUT2D eigenvalue weighted by Crippen LogP contribution is -2.30. The first-order chi connectivity index (χ1) is 19.7. The van der Waals surface area contributed by atoms with Crippen LogP contribution in [0.2, 0.25) is 0 Å². The van der Waals surface area contributed by atoms with Crippen LogP contribution in [0.1, 0.15) is 57.2 Å². The Kier molecular flexibility index (Phi) is 10.0. The number of hydrogen-bond donors (Lipinski definition) is 3. The maximum Gasteiger partial charge on any atom is 0.227 e. The minimum atomic E-state index is -2.40. The molecule has 0 saturated carbocycles. The van der Waals surface area contributed by atoms with Gasteiger partial charge in [-0.3, -0.25) is 4.57 Å². The van der Waals surface area contributed by atoms with E-state index in [0.717, 1.165) is 41.7 Å². The van der Waals surface area contributed by atoms with Crippen LogP contribution in [0.4, 0.5) is 17.5 Å². The molecular formula is C32H43N6O2P. The van der Waals surface area contributed by atoms with E-state index >= 15 is 0 Å². The van der Waals surface area contributed by atoms with Gasteiger partial charge in [0.15, 0.2) is 17.0 Å². The Morgan fingerprint density at radius 1 is 1.00 bits per heavy atom. The average molecular weight is 575 g/mol. The van der Waals surface area contributed by atoms with Crippen molar-refractivity contribution in [3.8, 4) is 0 Å². The van der Waals surface area contributed by atoms with E-state index in [9.17, 15) is 9.67 Å². The molecule has 2 heterocycles. The van der Waals surface area contributed by atoms with Crippen LogP contribution in [0.5, 0.6) is 0 Å². The highest BCUT2D eigenvalue weighted by atomic mass is 31.2. The van der Waals surface area contributed by atoms with Crippen molar-refractivity contribution < 1.29 is 9.67 Å². The van der Waals surface area contributed by atoms with Crippen LogP contribution in [0.3, 0.4) is 0 Å². The van der Waals surface area contributed by atoms with Crippen molar-refractivity contribution >= 4 is 53.3 Å². The topological polar surface area (TPSA) is 105 Å². The third kappa shape index (κ3) is 7.06. The number of imidazole rings is 1. The lowest BCUT2D eigenvalue weighted by atomic mass is 10.0. The summed E-state index contributed by atoms with van der Waals surface area (Å²) in [6, 6.07) is 13.9. The Hall–Kier alpha value is -3.48. The first kappa shape index (κ1) is 30.5. The minimum Gasteiger partial charge on any atom is -0.394 e. The van der Waals surface area contributed by atoms with Gasteiger partial charge in [0.05, 0.1) is 12.6 Å². The van der Waals surface area contributed by atoms with Gasteiger partial charge in [0.2, 0.25) is 5.95 Å². The second-order valence-corrected chi connectivity index (χ2v) is 14.2. The molecule has 0 radical (unpaired) electrons. The molecule has 0 spiro atoms. The highest BCUT2D eigenvalue weighted by Crippen LogP contribution is 2.45. The molecule has 4 rings (SSSR count). The van der Waals surface area contributed by atoms with E-state index in [2.05, 4.69) is 67.6 Å². The van der Waals surface area contributed by atoms with Crippen molar-refractivity contribution in [2.45, 2.75) is 60.4 Å². The van der Waals surface area contributed by atoms with Crippen molar-refractivity contribution in [1.82, 2.24) is 19.5 Å². The maximum atomic E-state index is 13.6. The molecule has 1 atom stereocenters. The summed E-state index contributed by atoms with van der Waals surface area (Å²) in [4.78, 5) is 14.2. The zero-order valence-corrected chi connectivity index (χ0v) is 25.9. The first-order valence-corrected chi connectivity index (χ1v) is 16.6. The summed E-state index contributed by atoms with van der Waals surface area (Å²) in [6.07, 6.45) is 9.02. The van der Waals surface area contributed by atoms with E-state index in [1.54, 1.807) is 6.33 Å². The van der Waals surface area contributed by atoms with Crippen LogP contribution >= 0.6 is 7.14 Å². The molecule has 0 fully saturated rings. The van der Waals surface area contributed by atoms with Gasteiger partial charge in [-0.2, -0.15) is 9.97 Å². The molecule has 0 amide bonds. The van der Waals surface area contributed by atoms with Crippen LogP contribution in [-0.2, 0) is 4.57 Å². The molecule has 41 heavy (non-hydrogen) atoms. The Balaban J connectivity index is 1.73. The van der Waals surface area contributed by atoms with Gasteiger partial charge in [-0.05, 0) is 79.6 Å². The summed E-state index contributed by atoms with van der Waals surface area (Å²) < 4.78 is 15.5. The average Bonchev–Trinajstić information content (AvgIpc) is 3.35. The molecule has 4 aromatic rings. The van der Waals surface area contributed by atoms with E-state index in [0.29, 0.717) is 22.9 Å². The Bertz CT molecular complexity index is 1510. The van der Waals surface area contributed by atoms with Gasteiger partial charge in [0, 0.05) is 29.5 Å². The SMILES string of the molecule is CCCP(=O)(CCC)c1ccc(Nc2nc(N[C@@H](CO)C(C)C)nc3c2ncn3C=Cc2c(C)cccc2C)cc1. The fourth-order valence-corrected chi connectivity index (χ4v) is 7.93. The van der Waals surface area contributed by atoms with Gasteiger partial charge in [-0.1, -0.05) is 45.9 Å². The molecule has 0 aliphatic rings. The number of anilines is 3. The molecule has 0 saturated heterocycles. The molecule has 0 aliphatic heterocycles. The monoisotopic (exact) mass is 574 g/mol. The smallest absolute Gasteiger partial charge is 0.227 e. The third-order valence-electron chi connectivity index (χ3n) is 7.45. The van der Waals surface area contributed by atoms with Crippen LogP contribution in [-0.4, -0.2) is 49.6 Å². The highest BCUT2D eigenvalue weighted by molar-refractivity contribution is 7.71. The van der Waals surface area contributed by atoms with E-state index < -0.39 is 7.14 Å². The number of benzene rings is 2. The second-order valence-electron chi connectivity index (χ2n) is 11.0. The van der Waals surface area contributed by atoms with Gasteiger partial charge in [0.25, 0.3) is 0 Å². The fourth-order valence-electron chi connectivity index (χ4n) is 5.06. The molecule has 0 aliphatic carbocycles. The zero-order valence-electron chi connectivity index (χ0n) is 25.1. The quantitative estimate of drug-likeness (QED) is 0.147. The van der Waals surface area contributed by atoms with Crippen molar-refractivity contribution in [1.29, 1.82) is 0 Å². The van der Waals surface area contributed by atoms with Gasteiger partial charge >= 0.3 is 0 Å². The number of aliphatic hydroxyl groups excluding tert-OH is 1. The third-order valence-corrected chi connectivity index (χ3v) is 11.0. The van der Waals surface area contributed by atoms with Crippen LogP contribution in [0, 0.1) is 19.8 Å². The number of hydrogen-bond acceptors (Lipinski definition) is 7. The van der Waals surface area contributed by atoms with Gasteiger partial charge in [-0.25, -0.2) is 4.98 Å². The molecule has 8 nitrogen and oxygen atoms in total. The summed E-state index contributed by atoms with van der Waals surface area (Å²) >= 11 is 0. The summed E-state index contributed by atoms with van der Waals surface area (Å²) in [7, 11) is -2.40. The van der Waals surface area contributed by atoms with E-state index in [-0.39, 0.29) is 18.6 Å². The van der Waals surface area contributed by atoms with Gasteiger partial charge in [-0.15, -0.1) is 0 Å². The molecule has 9 heteroatoms. The number of fused-ring (bicyclic) bond motifs is 1. The van der Waals surface area contributed by atoms with E-state index in [1.165, 1.54) is 11.1 Å². The van der Waals surface area contributed by atoms with Crippen LogP contribution in [0.25, 0.3) is 23.4 Å². The summed E-state index contributed by atoms with van der Waals surface area (Å²) in [5.41, 5.74) is 5.63. The lowest BCUT2D eigenvalue weighted by Gasteiger charge is -2.20. The molecule has 3 N–H and O–H groups in total. The molecule has 0 unspecified atom stereocenters. The number of aliphatic hydroxyl groups is 1. The molecule has 0 bridgehead atoms. The molecule has 218 valence electrons. The standard InChI is InChI=1S/C32H43N6O2P/c1-7-18-41(40,19-8-2)26-14-12-25(13-15-26)34-30-29-31(37-32(36-30)35-28(20-39)22(3)4)38(21-33-29)17-16-27-23(5)10-9-11-24(27)6/h9-17,21-22,28,39H,7-8,18-20H2,1-6H3,(H2,34,35,36,37)/t28-/m0/s1. The number of rotatable bonds is 13. The van der Waals surface area contributed by atoms with Crippen molar-refractivity contribution in [2.24, 2.45) is 5.92 Å². The molecule has 2 aromatic carbocycles. The molecule has 2 aromatic heterocycles. The Morgan fingerprint density at radius 2 is 1.66 bits per heavy atom. The minimum absolute atomic E-state index is 0.0371. The predicted molar refractivity (Wildman–Crippen MR) is 173 cm³/mol. The van der Waals surface area contributed by atoms with Crippen LogP contribution in [0.15, 0.2) is 48.8 Å². The zero-order chi connectivity index (χ0) is 29.6. The summed E-state index contributed by atoms with van der Waals surface area (Å²) in [5.74, 6) is 1.14. The summed E-state index contributed by atoms with van der Waals surface area (Å²) in [5, 5.41) is 17.6. The van der Waals surface area contributed by atoms with E-state index in [1.807, 2.05) is 48.9 Å². The second kappa shape index (κ2) is 13.5. The van der Waals surface area contributed by atoms with Gasteiger partial charge < -0.3 is 20.3 Å². The van der Waals surface area contributed by atoms with Crippen molar-refractivity contribution in [2.75, 3.05) is 29.6 Å². The Labute approximate surface area is 243 Å². The first-order valence-electron chi connectivity index (χ1n) is 14.5. The lowest BCUT2D eigenvalue weighted by molar-refractivity contribution is 0.248. The number of aryl methyl sites for hydroxylation is 2. The molecular weight excluding hydrogens is 531 g/mol. The normalized spacial score (nSPS) is 12.9. The Morgan fingerprint density at radius 3 is 2.24 bits per heavy atom. The van der Waals surface area contributed by atoms with Gasteiger partial charge in [0.1, 0.15) is 13.5 Å². The summed E-state index contributed by atoms with van der Waals surface area (Å²) in [6.45, 7) is 12.4. The largest absolute Gasteiger partial charge is 0.394 e. The highest BCUT2D eigenvalue weighted by Gasteiger charge is 2.23. The number of aromatic nitrogens is 4. The number of nitrogens with one attached hydrogen (secondary N) is 2. The maximum absolute atomic E-state index is 13.6. The van der Waals surface area contributed by atoms with Crippen molar-refractivity contribution in [3.63, 3.8) is 0 Å². The van der Waals surface area contributed by atoms with E-state index in [4.69, 9.17) is 9.97 Å². The predicted octanol–water partition coefficient (Wildman–Crippen LogP) is 7.05. The number of nitrogens with zero attached hydrogens (tertiary/aromatic N) is 4.